The molecule has 1 aliphatic rings. The number of imide groups is 1. The van der Waals surface area contributed by atoms with Crippen molar-refractivity contribution in [3.8, 4) is 11.5 Å². The zero-order valence-electron chi connectivity index (χ0n) is 18.6. The van der Waals surface area contributed by atoms with Crippen LogP contribution in [-0.2, 0) is 9.59 Å². The van der Waals surface area contributed by atoms with Gasteiger partial charge in [-0.3, -0.25) is 19.3 Å². The van der Waals surface area contributed by atoms with Gasteiger partial charge in [-0.15, -0.1) is 11.8 Å². The topological polar surface area (TPSA) is 84.9 Å². The number of rotatable bonds is 10. The van der Waals surface area contributed by atoms with Crippen molar-refractivity contribution in [2.75, 3.05) is 31.3 Å². The molecule has 178 valence electrons. The van der Waals surface area contributed by atoms with Crippen molar-refractivity contribution >= 4 is 68.3 Å². The van der Waals surface area contributed by atoms with Crippen molar-refractivity contribution in [3.63, 3.8) is 0 Å². The van der Waals surface area contributed by atoms with Crippen LogP contribution < -0.4 is 14.8 Å². The first-order valence-corrected chi connectivity index (χ1v) is 13.1. The number of nitrogens with one attached hydrogen (secondary N) is 1. The number of amides is 3. The van der Waals surface area contributed by atoms with E-state index in [1.807, 2.05) is 31.4 Å². The minimum Gasteiger partial charge on any atom is -0.490 e. The van der Waals surface area contributed by atoms with Crippen LogP contribution in [0.2, 0.25) is 0 Å². The number of hydrogen-bond donors (Lipinski definition) is 1. The summed E-state index contributed by atoms with van der Waals surface area (Å²) >= 11 is 5.81. The molecule has 1 aliphatic heterocycles. The van der Waals surface area contributed by atoms with Gasteiger partial charge < -0.3 is 14.8 Å². The summed E-state index contributed by atoms with van der Waals surface area (Å²) < 4.78 is 12.0. The fourth-order valence-corrected chi connectivity index (χ4v) is 4.92. The summed E-state index contributed by atoms with van der Waals surface area (Å²) in [6.45, 7) is 5.86. The third kappa shape index (κ3) is 6.46. The molecule has 0 atom stereocenters. The zero-order chi connectivity index (χ0) is 24.7. The normalized spacial score (nSPS) is 14.4. The average molecular weight is 563 g/mol. The lowest BCUT2D eigenvalue weighted by Gasteiger charge is -2.14. The van der Waals surface area contributed by atoms with Gasteiger partial charge in [0.05, 0.1) is 16.0 Å². The van der Waals surface area contributed by atoms with Crippen molar-refractivity contribution in [2.45, 2.75) is 11.8 Å². The molecule has 0 aromatic heterocycles. The molecule has 1 fully saturated rings. The summed E-state index contributed by atoms with van der Waals surface area (Å²) in [6.07, 6.45) is 5.16. The average Bonchev–Trinajstić information content (AvgIpc) is 3.06. The third-order valence-electron chi connectivity index (χ3n) is 4.50. The van der Waals surface area contributed by atoms with E-state index in [1.54, 1.807) is 42.1 Å². The largest absolute Gasteiger partial charge is 0.490 e. The molecule has 0 bridgehead atoms. The summed E-state index contributed by atoms with van der Waals surface area (Å²) in [5.41, 5.74) is 1.25. The van der Waals surface area contributed by atoms with E-state index >= 15 is 0 Å². The SMILES string of the molecule is C=CCOc1c(Br)cc(/C=C2/SC(=O)N(CC(=O)Nc3cccc(SC)c3)C2=O)cc1OCC. The maximum Gasteiger partial charge on any atom is 0.294 e. The quantitative estimate of drug-likeness (QED) is 0.222. The lowest BCUT2D eigenvalue weighted by atomic mass is 10.2. The van der Waals surface area contributed by atoms with Gasteiger partial charge in [0.15, 0.2) is 11.5 Å². The molecule has 1 saturated heterocycles. The highest BCUT2D eigenvalue weighted by Gasteiger charge is 2.36. The summed E-state index contributed by atoms with van der Waals surface area (Å²) in [4.78, 5) is 39.9. The van der Waals surface area contributed by atoms with E-state index in [9.17, 15) is 14.4 Å². The van der Waals surface area contributed by atoms with Crippen LogP contribution in [0.4, 0.5) is 10.5 Å². The number of benzene rings is 2. The molecule has 3 rings (SSSR count). The molecule has 0 aliphatic carbocycles. The monoisotopic (exact) mass is 562 g/mol. The van der Waals surface area contributed by atoms with Crippen LogP contribution in [0.5, 0.6) is 11.5 Å². The van der Waals surface area contributed by atoms with E-state index in [0.29, 0.717) is 40.4 Å². The summed E-state index contributed by atoms with van der Waals surface area (Å²) in [7, 11) is 0. The maximum absolute atomic E-state index is 12.9. The molecule has 10 heteroatoms. The van der Waals surface area contributed by atoms with Crippen molar-refractivity contribution in [2.24, 2.45) is 0 Å². The van der Waals surface area contributed by atoms with Gasteiger partial charge in [-0.05, 0) is 82.8 Å². The molecule has 7 nitrogen and oxygen atoms in total. The van der Waals surface area contributed by atoms with Gasteiger partial charge in [0, 0.05) is 10.6 Å². The minimum absolute atomic E-state index is 0.219. The fourth-order valence-electron chi connectivity index (χ4n) is 3.05. The number of halogens is 1. The highest BCUT2D eigenvalue weighted by atomic mass is 79.9. The highest BCUT2D eigenvalue weighted by Crippen LogP contribution is 2.39. The molecule has 34 heavy (non-hydrogen) atoms. The van der Waals surface area contributed by atoms with Crippen molar-refractivity contribution in [1.29, 1.82) is 0 Å². The lowest BCUT2D eigenvalue weighted by Crippen LogP contribution is -2.36. The maximum atomic E-state index is 12.9. The first kappa shape index (κ1) is 25.9. The van der Waals surface area contributed by atoms with Gasteiger partial charge >= 0.3 is 0 Å². The number of hydrogen-bond acceptors (Lipinski definition) is 7. The van der Waals surface area contributed by atoms with Gasteiger partial charge in [0.1, 0.15) is 13.2 Å². The van der Waals surface area contributed by atoms with Crippen LogP contribution in [0.25, 0.3) is 6.08 Å². The molecule has 1 N–H and O–H groups in total. The second-order valence-corrected chi connectivity index (χ2v) is 9.64. The van der Waals surface area contributed by atoms with Crippen LogP contribution in [0, 0.1) is 0 Å². The summed E-state index contributed by atoms with van der Waals surface area (Å²) in [5.74, 6) is 0.0428. The smallest absolute Gasteiger partial charge is 0.294 e. The Bertz CT molecular complexity index is 1150. The Morgan fingerprint density at radius 1 is 1.26 bits per heavy atom. The lowest BCUT2D eigenvalue weighted by molar-refractivity contribution is -0.127. The molecule has 1 heterocycles. The molecule has 0 radical (unpaired) electrons. The predicted molar refractivity (Wildman–Crippen MR) is 141 cm³/mol. The van der Waals surface area contributed by atoms with Gasteiger partial charge in [-0.1, -0.05) is 18.7 Å². The molecule has 3 amide bonds. The van der Waals surface area contributed by atoms with E-state index in [-0.39, 0.29) is 11.4 Å². The molecule has 0 spiro atoms. The zero-order valence-corrected chi connectivity index (χ0v) is 21.8. The number of carbonyl (C=O) groups is 3. The molecule has 2 aromatic rings. The number of nitrogens with zero attached hydrogens (tertiary/aromatic N) is 1. The van der Waals surface area contributed by atoms with E-state index in [2.05, 4.69) is 27.8 Å². The highest BCUT2D eigenvalue weighted by molar-refractivity contribution is 9.10. The Morgan fingerprint density at radius 2 is 2.06 bits per heavy atom. The first-order chi connectivity index (χ1) is 16.4. The summed E-state index contributed by atoms with van der Waals surface area (Å²) in [6, 6.07) is 10.8. The van der Waals surface area contributed by atoms with E-state index < -0.39 is 17.1 Å². The summed E-state index contributed by atoms with van der Waals surface area (Å²) in [5, 5.41) is 2.23. The van der Waals surface area contributed by atoms with Crippen LogP contribution in [0.15, 0.2) is 63.3 Å². The van der Waals surface area contributed by atoms with Crippen LogP contribution in [0.3, 0.4) is 0 Å². The van der Waals surface area contributed by atoms with Crippen molar-refractivity contribution in [3.05, 3.63) is 64.0 Å². The van der Waals surface area contributed by atoms with Crippen LogP contribution in [-0.4, -0.2) is 48.0 Å². The van der Waals surface area contributed by atoms with Crippen LogP contribution >= 0.6 is 39.5 Å². The Morgan fingerprint density at radius 3 is 2.76 bits per heavy atom. The predicted octanol–water partition coefficient (Wildman–Crippen LogP) is 5.81. The second kappa shape index (κ2) is 12.1. The third-order valence-corrected chi connectivity index (χ3v) is 6.73. The Kier molecular flexibility index (Phi) is 9.26. The first-order valence-electron chi connectivity index (χ1n) is 10.3. The van der Waals surface area contributed by atoms with E-state index in [0.717, 1.165) is 21.6 Å². The Labute approximate surface area is 215 Å². The second-order valence-electron chi connectivity index (χ2n) is 6.91. The number of thioether (sulfide) groups is 2. The molecule has 0 saturated carbocycles. The Hall–Kier alpha value is -2.69. The van der Waals surface area contributed by atoms with Gasteiger partial charge in [-0.2, -0.15) is 0 Å². The van der Waals surface area contributed by atoms with E-state index in [4.69, 9.17) is 9.47 Å². The Balaban J connectivity index is 1.76. The molecule has 2 aromatic carbocycles. The molecular formula is C24H23BrN2O5S2. The van der Waals surface area contributed by atoms with E-state index in [1.165, 1.54) is 0 Å². The molecule has 0 unspecified atom stereocenters. The fraction of sp³-hybridized carbons (Fsp3) is 0.208. The van der Waals surface area contributed by atoms with Gasteiger partial charge in [0.2, 0.25) is 5.91 Å². The van der Waals surface area contributed by atoms with Gasteiger partial charge in [0.25, 0.3) is 11.1 Å². The number of ether oxygens (including phenoxy) is 2. The number of carbonyl (C=O) groups excluding carboxylic acids is 3. The standard InChI is InChI=1S/C24H23BrN2O5S2/c1-4-9-32-22-18(25)10-15(11-19(22)31-5-2)12-20-23(29)27(24(30)34-20)14-21(28)26-16-7-6-8-17(13-16)33-3/h4,6-8,10-13H,1,5,9,14H2,2-3H3,(H,26,28)/b20-12+. The van der Waals surface area contributed by atoms with Crippen molar-refractivity contribution < 1.29 is 23.9 Å². The number of anilines is 1. The van der Waals surface area contributed by atoms with Crippen LogP contribution in [0.1, 0.15) is 12.5 Å². The molecular weight excluding hydrogens is 540 g/mol. The van der Waals surface area contributed by atoms with Crippen molar-refractivity contribution in [1.82, 2.24) is 4.90 Å². The minimum atomic E-state index is -0.524. The van der Waals surface area contributed by atoms with Gasteiger partial charge in [-0.25, -0.2) is 0 Å².